The van der Waals surface area contributed by atoms with Gasteiger partial charge in [-0.2, -0.15) is 0 Å². The van der Waals surface area contributed by atoms with E-state index in [0.29, 0.717) is 11.8 Å². The van der Waals surface area contributed by atoms with Crippen molar-refractivity contribution in [2.75, 3.05) is 0 Å². The van der Waals surface area contributed by atoms with Gasteiger partial charge in [0.25, 0.3) is 0 Å². The second-order valence-electron chi connectivity index (χ2n) is 15.4. The van der Waals surface area contributed by atoms with Crippen LogP contribution < -0.4 is 0 Å². The number of benzene rings is 5. The molecule has 266 valence electrons. The molecule has 0 saturated heterocycles. The molecular weight excluding hydrogens is 679 g/mol. The standard InChI is InChI=1S/C53H39N3/c1-4-14-42-38(11-1)30-48(46-18-8-6-16-44(42)46)35-23-25-36(26-24-35)51-32-52(49-31-39-12-2-5-15-43(39)45-17-7-9-19-47(45)49)56-53(55-51)37-27-21-34(22-28-37)41-29-40-13-3-10-20-50(40)54-33-41/h1-7,9-17,19-30,32-33,38,42,49H,8,18,31H2. The van der Waals surface area contributed by atoms with Crippen molar-refractivity contribution in [2.45, 2.75) is 25.2 Å². The lowest BCUT2D eigenvalue weighted by Gasteiger charge is -2.33. The fourth-order valence-electron chi connectivity index (χ4n) is 9.33. The molecule has 7 aromatic rings. The first kappa shape index (κ1) is 32.7. The van der Waals surface area contributed by atoms with E-state index in [-0.39, 0.29) is 5.92 Å². The summed E-state index contributed by atoms with van der Waals surface area (Å²) in [5, 5.41) is 1.13. The normalized spacial score (nSPS) is 19.2. The van der Waals surface area contributed by atoms with Gasteiger partial charge in [-0.15, -0.1) is 0 Å². The zero-order valence-corrected chi connectivity index (χ0v) is 31.0. The SMILES string of the molecule is C1=CC2C=C(c3ccc(-c4cc(C5Cc6ccccc6-c6ccccc65)nc(-c5ccc(-c6cnc7ccccc7c6)cc5)n4)cc3)C3=C(C=CCC3)C2C=C1. The van der Waals surface area contributed by atoms with Gasteiger partial charge in [-0.25, -0.2) is 9.97 Å². The summed E-state index contributed by atoms with van der Waals surface area (Å²) in [4.78, 5) is 15.4. The van der Waals surface area contributed by atoms with E-state index in [0.717, 1.165) is 69.6 Å². The van der Waals surface area contributed by atoms with Crippen LogP contribution in [-0.2, 0) is 6.42 Å². The molecule has 3 nitrogen and oxygen atoms in total. The van der Waals surface area contributed by atoms with Gasteiger partial charge in [-0.1, -0.05) is 158 Å². The van der Waals surface area contributed by atoms with Gasteiger partial charge in [0.2, 0.25) is 0 Å². The topological polar surface area (TPSA) is 38.7 Å². The van der Waals surface area contributed by atoms with Crippen molar-refractivity contribution < 1.29 is 0 Å². The molecule has 3 atom stereocenters. The smallest absolute Gasteiger partial charge is 0.160 e. The van der Waals surface area contributed by atoms with Gasteiger partial charge in [0.1, 0.15) is 0 Å². The first-order valence-corrected chi connectivity index (χ1v) is 19.8. The molecule has 4 aliphatic rings. The second-order valence-corrected chi connectivity index (χ2v) is 15.4. The van der Waals surface area contributed by atoms with Gasteiger partial charge < -0.3 is 0 Å². The molecule has 0 N–H and O–H groups in total. The predicted octanol–water partition coefficient (Wildman–Crippen LogP) is 12.8. The summed E-state index contributed by atoms with van der Waals surface area (Å²) in [5.74, 6) is 1.66. The highest BCUT2D eigenvalue weighted by Crippen LogP contribution is 2.46. The fourth-order valence-corrected chi connectivity index (χ4v) is 9.33. The van der Waals surface area contributed by atoms with Crippen molar-refractivity contribution in [3.8, 4) is 44.9 Å². The van der Waals surface area contributed by atoms with E-state index in [4.69, 9.17) is 15.0 Å². The highest BCUT2D eigenvalue weighted by atomic mass is 14.9. The minimum Gasteiger partial charge on any atom is -0.256 e. The predicted molar refractivity (Wildman–Crippen MR) is 230 cm³/mol. The molecule has 0 bridgehead atoms. The number of hydrogen-bond donors (Lipinski definition) is 0. The number of rotatable bonds is 5. The minimum atomic E-state index is 0.103. The van der Waals surface area contributed by atoms with Crippen LogP contribution in [0.3, 0.4) is 0 Å². The maximum Gasteiger partial charge on any atom is 0.160 e. The van der Waals surface area contributed by atoms with Crippen LogP contribution >= 0.6 is 0 Å². The van der Waals surface area contributed by atoms with Crippen LogP contribution in [0.1, 0.15) is 41.1 Å². The number of pyridine rings is 1. The molecule has 0 radical (unpaired) electrons. The highest BCUT2D eigenvalue weighted by molar-refractivity contribution is 5.85. The maximum absolute atomic E-state index is 5.39. The number of hydrogen-bond acceptors (Lipinski definition) is 3. The molecule has 0 fully saturated rings. The Hall–Kier alpha value is -6.71. The van der Waals surface area contributed by atoms with Crippen LogP contribution in [0.25, 0.3) is 61.4 Å². The lowest BCUT2D eigenvalue weighted by atomic mass is 9.70. The summed E-state index contributed by atoms with van der Waals surface area (Å²) in [7, 11) is 0. The van der Waals surface area contributed by atoms with Crippen molar-refractivity contribution in [3.63, 3.8) is 0 Å². The average molecular weight is 718 g/mol. The van der Waals surface area contributed by atoms with E-state index >= 15 is 0 Å². The molecule has 11 rings (SSSR count). The van der Waals surface area contributed by atoms with E-state index in [1.165, 1.54) is 44.5 Å². The number of fused-ring (bicyclic) bond motifs is 6. The minimum absolute atomic E-state index is 0.103. The molecular formula is C53H39N3. The quantitative estimate of drug-likeness (QED) is 0.178. The third-order valence-corrected chi connectivity index (χ3v) is 12.2. The van der Waals surface area contributed by atoms with Crippen LogP contribution in [-0.4, -0.2) is 15.0 Å². The highest BCUT2D eigenvalue weighted by Gasteiger charge is 2.31. The Kier molecular flexibility index (Phi) is 7.91. The maximum atomic E-state index is 5.39. The van der Waals surface area contributed by atoms with Crippen LogP contribution in [0.5, 0.6) is 0 Å². The van der Waals surface area contributed by atoms with Gasteiger partial charge >= 0.3 is 0 Å². The van der Waals surface area contributed by atoms with Crippen molar-refractivity contribution in [2.24, 2.45) is 11.8 Å². The third-order valence-electron chi connectivity index (χ3n) is 12.2. The summed E-state index contributed by atoms with van der Waals surface area (Å²) in [6, 6.07) is 48.1. The first-order chi connectivity index (χ1) is 27.7. The summed E-state index contributed by atoms with van der Waals surface area (Å²) in [6.45, 7) is 0. The van der Waals surface area contributed by atoms with Gasteiger partial charge in [0.05, 0.1) is 16.9 Å². The van der Waals surface area contributed by atoms with Crippen LogP contribution in [0.15, 0.2) is 193 Å². The monoisotopic (exact) mass is 717 g/mol. The molecule has 56 heavy (non-hydrogen) atoms. The van der Waals surface area contributed by atoms with E-state index in [2.05, 4.69) is 170 Å². The zero-order chi connectivity index (χ0) is 37.0. The Bertz CT molecular complexity index is 2830. The molecule has 0 saturated carbocycles. The van der Waals surface area contributed by atoms with Crippen molar-refractivity contribution in [1.29, 1.82) is 0 Å². The molecule has 3 unspecified atom stereocenters. The molecule has 3 heteroatoms. The zero-order valence-electron chi connectivity index (χ0n) is 31.0. The number of allylic oxidation sites excluding steroid dienone is 10. The Morgan fingerprint density at radius 1 is 0.607 bits per heavy atom. The molecule has 5 aromatic carbocycles. The van der Waals surface area contributed by atoms with Crippen LogP contribution in [0.4, 0.5) is 0 Å². The summed E-state index contributed by atoms with van der Waals surface area (Å²) >= 11 is 0. The summed E-state index contributed by atoms with van der Waals surface area (Å²) < 4.78 is 0. The molecule has 0 amide bonds. The molecule has 2 heterocycles. The van der Waals surface area contributed by atoms with E-state index in [1.807, 2.05) is 12.3 Å². The lowest BCUT2D eigenvalue weighted by Crippen LogP contribution is -2.20. The molecule has 4 aliphatic carbocycles. The molecule has 0 spiro atoms. The Morgan fingerprint density at radius 2 is 1.36 bits per heavy atom. The van der Waals surface area contributed by atoms with Crippen LogP contribution in [0.2, 0.25) is 0 Å². The van der Waals surface area contributed by atoms with Gasteiger partial charge in [0.15, 0.2) is 5.82 Å². The van der Waals surface area contributed by atoms with Crippen molar-refractivity contribution >= 4 is 16.5 Å². The lowest BCUT2D eigenvalue weighted by molar-refractivity contribution is 0.623. The van der Waals surface area contributed by atoms with Gasteiger partial charge in [-0.3, -0.25) is 4.98 Å². The van der Waals surface area contributed by atoms with Gasteiger partial charge in [0, 0.05) is 46.0 Å². The Labute approximate surface area is 327 Å². The molecule has 2 aromatic heterocycles. The Balaban J connectivity index is 1.00. The largest absolute Gasteiger partial charge is 0.256 e. The van der Waals surface area contributed by atoms with Crippen molar-refractivity contribution in [1.82, 2.24) is 15.0 Å². The average Bonchev–Trinajstić information content (AvgIpc) is 3.28. The number of para-hydroxylation sites is 1. The van der Waals surface area contributed by atoms with E-state index in [1.54, 1.807) is 0 Å². The van der Waals surface area contributed by atoms with Gasteiger partial charge in [-0.05, 0) is 87.6 Å². The number of nitrogens with zero attached hydrogens (tertiary/aromatic N) is 3. The van der Waals surface area contributed by atoms with E-state index in [9.17, 15) is 0 Å². The van der Waals surface area contributed by atoms with Crippen LogP contribution in [0, 0.1) is 11.8 Å². The molecule has 0 aliphatic heterocycles. The van der Waals surface area contributed by atoms with Crippen molar-refractivity contribution in [3.05, 3.63) is 216 Å². The fraction of sp³-hybridized carbons (Fsp3) is 0.113. The third kappa shape index (κ3) is 5.70. The first-order valence-electron chi connectivity index (χ1n) is 19.8. The second kappa shape index (κ2) is 13.5. The van der Waals surface area contributed by atoms with E-state index < -0.39 is 0 Å². The summed E-state index contributed by atoms with van der Waals surface area (Å²) in [6.07, 6.45) is 21.3. The Morgan fingerprint density at radius 3 is 2.27 bits per heavy atom. The number of aromatic nitrogens is 3. The summed E-state index contributed by atoms with van der Waals surface area (Å²) in [5.41, 5.74) is 18.2.